The van der Waals surface area contributed by atoms with Gasteiger partial charge in [0.2, 0.25) is 0 Å². The molecule has 1 aromatic rings. The Morgan fingerprint density at radius 1 is 1.31 bits per heavy atom. The maximum Gasteiger partial charge on any atom is 0.378 e. The minimum atomic E-state index is -0.575. The van der Waals surface area contributed by atoms with Crippen LogP contribution in [-0.4, -0.2) is 13.1 Å². The minimum Gasteiger partial charge on any atom is -0.490 e. The van der Waals surface area contributed by atoms with E-state index in [1.807, 2.05) is 6.07 Å². The molecule has 0 aliphatic heterocycles. The molecule has 0 N–H and O–H groups in total. The highest BCUT2D eigenvalue weighted by atomic mass is 16.6. The first-order valence-corrected chi connectivity index (χ1v) is 3.74. The molecule has 1 rings (SSSR count). The van der Waals surface area contributed by atoms with Gasteiger partial charge in [-0.2, -0.15) is 0 Å². The smallest absolute Gasteiger partial charge is 0.378 e. The predicted molar refractivity (Wildman–Crippen MR) is 48.2 cm³/mol. The summed E-state index contributed by atoms with van der Waals surface area (Å²) in [5.74, 6) is -0.108. The summed E-state index contributed by atoms with van der Waals surface area (Å²) in [4.78, 5) is 11.1. The van der Waals surface area contributed by atoms with E-state index < -0.39 is 5.97 Å². The van der Waals surface area contributed by atoms with Crippen molar-refractivity contribution in [3.63, 3.8) is 0 Å². The number of benzene rings is 1. The first kappa shape index (κ1) is 9.32. The molecule has 0 aliphatic carbocycles. The quantitative estimate of drug-likeness (QED) is 0.306. The zero-order chi connectivity index (χ0) is 9.68. The van der Waals surface area contributed by atoms with Crippen LogP contribution < -0.4 is 4.74 Å². The summed E-state index contributed by atoms with van der Waals surface area (Å²) >= 11 is 0. The molecule has 3 nitrogen and oxygen atoms in total. The van der Waals surface area contributed by atoms with Gasteiger partial charge in [-0.05, 0) is 18.7 Å². The van der Waals surface area contributed by atoms with E-state index in [0.29, 0.717) is 5.75 Å². The van der Waals surface area contributed by atoms with E-state index in [9.17, 15) is 4.79 Å². The Balaban J connectivity index is 2.60. The lowest BCUT2D eigenvalue weighted by molar-refractivity contribution is -0.133. The van der Waals surface area contributed by atoms with Crippen molar-refractivity contribution in [2.24, 2.45) is 0 Å². The van der Waals surface area contributed by atoms with Crippen LogP contribution in [0.5, 0.6) is 5.75 Å². The van der Waals surface area contributed by atoms with Gasteiger partial charge in [-0.1, -0.05) is 18.2 Å². The summed E-state index contributed by atoms with van der Waals surface area (Å²) in [6.07, 6.45) is 0. The molecule has 0 spiro atoms. The molecule has 13 heavy (non-hydrogen) atoms. The van der Waals surface area contributed by atoms with Crippen LogP contribution in [0.1, 0.15) is 0 Å². The second kappa shape index (κ2) is 4.30. The Bertz CT molecular complexity index is 303. The van der Waals surface area contributed by atoms with Gasteiger partial charge in [0.05, 0.1) is 7.11 Å². The van der Waals surface area contributed by atoms with Crippen LogP contribution in [-0.2, 0) is 9.53 Å². The van der Waals surface area contributed by atoms with Crippen LogP contribution in [0.4, 0.5) is 0 Å². The van der Waals surface area contributed by atoms with Crippen LogP contribution in [0.3, 0.4) is 0 Å². The van der Waals surface area contributed by atoms with Crippen molar-refractivity contribution in [2.45, 2.75) is 0 Å². The molecule has 3 heteroatoms. The van der Waals surface area contributed by atoms with Crippen LogP contribution in [0, 0.1) is 0 Å². The molecule has 0 amide bonds. The molecule has 0 aliphatic rings. The molecular weight excluding hydrogens is 168 g/mol. The van der Waals surface area contributed by atoms with Gasteiger partial charge in [-0.15, -0.1) is 0 Å². The van der Waals surface area contributed by atoms with E-state index >= 15 is 0 Å². The Morgan fingerprint density at radius 3 is 2.46 bits per heavy atom. The molecule has 0 atom stereocenters. The van der Waals surface area contributed by atoms with Gasteiger partial charge in [0.15, 0.2) is 5.76 Å². The second-order valence-electron chi connectivity index (χ2n) is 2.33. The van der Waals surface area contributed by atoms with Crippen molar-refractivity contribution in [1.29, 1.82) is 0 Å². The topological polar surface area (TPSA) is 35.5 Å². The van der Waals surface area contributed by atoms with Gasteiger partial charge in [-0.25, -0.2) is 4.79 Å². The number of carbonyl (C=O) groups excluding carboxylic acids is 1. The monoisotopic (exact) mass is 178 g/mol. The van der Waals surface area contributed by atoms with E-state index in [4.69, 9.17) is 4.74 Å². The van der Waals surface area contributed by atoms with Crippen molar-refractivity contribution in [2.75, 3.05) is 7.11 Å². The summed E-state index contributed by atoms with van der Waals surface area (Å²) in [7, 11) is 1.37. The molecule has 68 valence electrons. The van der Waals surface area contributed by atoms with E-state index in [1.54, 1.807) is 24.3 Å². The van der Waals surface area contributed by atoms with Crippen LogP contribution in [0.2, 0.25) is 0 Å². The third kappa shape index (κ3) is 2.63. The van der Waals surface area contributed by atoms with E-state index in [1.165, 1.54) is 7.11 Å². The fraction of sp³-hybridized carbons (Fsp3) is 0.100. The van der Waals surface area contributed by atoms with Crippen LogP contribution in [0.15, 0.2) is 42.7 Å². The molecule has 0 radical (unpaired) electrons. The number of rotatable bonds is 3. The Hall–Kier alpha value is -1.77. The van der Waals surface area contributed by atoms with Crippen molar-refractivity contribution >= 4 is 5.97 Å². The molecular formula is C10H10O3. The lowest BCUT2D eigenvalue weighted by Crippen LogP contribution is -2.11. The van der Waals surface area contributed by atoms with Gasteiger partial charge < -0.3 is 9.47 Å². The predicted octanol–water partition coefficient (Wildman–Crippen LogP) is 1.75. The highest BCUT2D eigenvalue weighted by Crippen LogP contribution is 2.10. The molecule has 0 aromatic heterocycles. The Morgan fingerprint density at radius 2 is 1.92 bits per heavy atom. The van der Waals surface area contributed by atoms with Crippen molar-refractivity contribution in [3.8, 4) is 5.75 Å². The summed E-state index contributed by atoms with van der Waals surface area (Å²) in [5.41, 5.74) is 0. The van der Waals surface area contributed by atoms with Gasteiger partial charge >= 0.3 is 5.97 Å². The van der Waals surface area contributed by atoms with Crippen LogP contribution in [0.25, 0.3) is 0 Å². The van der Waals surface area contributed by atoms with Crippen LogP contribution >= 0.6 is 0 Å². The SMILES string of the molecule is C=C(OC)C(=O)Oc1ccccc1. The first-order valence-electron chi connectivity index (χ1n) is 3.74. The second-order valence-corrected chi connectivity index (χ2v) is 2.33. The fourth-order valence-corrected chi connectivity index (χ4v) is 0.736. The Kier molecular flexibility index (Phi) is 3.09. The summed E-state index contributed by atoms with van der Waals surface area (Å²) in [6, 6.07) is 8.75. The zero-order valence-electron chi connectivity index (χ0n) is 7.32. The van der Waals surface area contributed by atoms with E-state index in [-0.39, 0.29) is 5.76 Å². The zero-order valence-corrected chi connectivity index (χ0v) is 7.32. The lowest BCUT2D eigenvalue weighted by atomic mass is 10.3. The summed E-state index contributed by atoms with van der Waals surface area (Å²) in [6.45, 7) is 3.37. The number of hydrogen-bond donors (Lipinski definition) is 0. The standard InChI is InChI=1S/C10H10O3/c1-8(12-2)10(11)13-9-6-4-3-5-7-9/h3-7H,1H2,2H3. The average Bonchev–Trinajstić information content (AvgIpc) is 2.18. The van der Waals surface area contributed by atoms with Gasteiger partial charge in [0, 0.05) is 0 Å². The molecule has 0 fully saturated rings. The third-order valence-electron chi connectivity index (χ3n) is 1.43. The van der Waals surface area contributed by atoms with Gasteiger partial charge in [0.25, 0.3) is 0 Å². The van der Waals surface area contributed by atoms with E-state index in [0.717, 1.165) is 0 Å². The molecule has 0 bridgehead atoms. The number of para-hydroxylation sites is 1. The molecule has 0 unspecified atom stereocenters. The summed E-state index contributed by atoms with van der Waals surface area (Å²) in [5, 5.41) is 0. The number of ether oxygens (including phenoxy) is 2. The molecule has 0 heterocycles. The van der Waals surface area contributed by atoms with Gasteiger partial charge in [0.1, 0.15) is 5.75 Å². The molecule has 0 saturated carbocycles. The average molecular weight is 178 g/mol. The number of carbonyl (C=O) groups is 1. The van der Waals surface area contributed by atoms with Gasteiger partial charge in [-0.3, -0.25) is 0 Å². The molecule has 1 aromatic carbocycles. The summed E-state index contributed by atoms with van der Waals surface area (Å²) < 4.78 is 9.52. The highest BCUT2D eigenvalue weighted by molar-refractivity contribution is 5.87. The number of methoxy groups -OCH3 is 1. The highest BCUT2D eigenvalue weighted by Gasteiger charge is 2.08. The largest absolute Gasteiger partial charge is 0.490 e. The Labute approximate surface area is 76.6 Å². The number of hydrogen-bond acceptors (Lipinski definition) is 3. The number of esters is 1. The maximum absolute atomic E-state index is 11.1. The maximum atomic E-state index is 11.1. The van der Waals surface area contributed by atoms with Crippen molar-refractivity contribution in [1.82, 2.24) is 0 Å². The fourth-order valence-electron chi connectivity index (χ4n) is 0.736. The molecule has 0 saturated heterocycles. The first-order chi connectivity index (χ1) is 6.24. The lowest BCUT2D eigenvalue weighted by Gasteiger charge is -2.04. The normalized spacial score (nSPS) is 9.00. The van der Waals surface area contributed by atoms with Crippen molar-refractivity contribution < 1.29 is 14.3 Å². The van der Waals surface area contributed by atoms with E-state index in [2.05, 4.69) is 11.3 Å². The minimum absolute atomic E-state index is 0.0103. The third-order valence-corrected chi connectivity index (χ3v) is 1.43. The van der Waals surface area contributed by atoms with Crippen molar-refractivity contribution in [3.05, 3.63) is 42.7 Å².